The van der Waals surface area contributed by atoms with Crippen LogP contribution in [-0.4, -0.2) is 27.0 Å². The molecule has 1 aliphatic carbocycles. The van der Waals surface area contributed by atoms with E-state index >= 15 is 0 Å². The van der Waals surface area contributed by atoms with Crippen molar-refractivity contribution in [2.24, 2.45) is 0 Å². The van der Waals surface area contributed by atoms with Crippen LogP contribution in [0.25, 0.3) is 15.9 Å². The Morgan fingerprint density at radius 1 is 1.26 bits per heavy atom. The van der Waals surface area contributed by atoms with Gasteiger partial charge in [0.25, 0.3) is 5.56 Å². The van der Waals surface area contributed by atoms with Crippen molar-refractivity contribution in [3.05, 3.63) is 51.1 Å². The van der Waals surface area contributed by atoms with E-state index in [2.05, 4.69) is 0 Å². The minimum atomic E-state index is 0.0149. The number of thiophene rings is 1. The molecule has 0 bridgehead atoms. The van der Waals surface area contributed by atoms with E-state index < -0.39 is 0 Å². The normalized spacial score (nSPS) is 13.6. The third-order valence-corrected chi connectivity index (χ3v) is 6.15. The number of rotatable bonds is 4. The Kier molecular flexibility index (Phi) is 3.97. The summed E-state index contributed by atoms with van der Waals surface area (Å²) < 4.78 is 1.69. The van der Waals surface area contributed by atoms with E-state index in [0.29, 0.717) is 10.9 Å². The number of aliphatic hydroxyl groups is 1. The molecule has 1 aliphatic rings. The molecule has 1 N–H and O–H groups in total. The molecule has 3 aromatic rings. The Labute approximate surface area is 141 Å². The third kappa shape index (κ3) is 2.51. The van der Waals surface area contributed by atoms with Crippen LogP contribution in [0.2, 0.25) is 0 Å². The Hall–Kier alpha value is -1.63. The molecule has 23 heavy (non-hydrogen) atoms. The number of nitrogens with zero attached hydrogens (tertiary/aromatic N) is 2. The van der Waals surface area contributed by atoms with Crippen LogP contribution in [0.3, 0.4) is 0 Å². The quantitative estimate of drug-likeness (QED) is 0.584. The second kappa shape index (κ2) is 6.11. The summed E-state index contributed by atoms with van der Waals surface area (Å²) in [7, 11) is 0. The lowest BCUT2D eigenvalue weighted by Crippen LogP contribution is -2.22. The van der Waals surface area contributed by atoms with Crippen LogP contribution in [0.4, 0.5) is 0 Å². The van der Waals surface area contributed by atoms with Gasteiger partial charge in [-0.3, -0.25) is 9.36 Å². The van der Waals surface area contributed by atoms with Gasteiger partial charge in [-0.2, -0.15) is 0 Å². The molecule has 2 aromatic heterocycles. The lowest BCUT2D eigenvalue weighted by molar-refractivity contribution is 0.322. The lowest BCUT2D eigenvalue weighted by atomic mass is 10.2. The second-order valence-corrected chi connectivity index (χ2v) is 7.63. The van der Waals surface area contributed by atoms with Gasteiger partial charge in [0.05, 0.1) is 17.7 Å². The van der Waals surface area contributed by atoms with Crippen LogP contribution in [-0.2, 0) is 12.8 Å². The van der Waals surface area contributed by atoms with Gasteiger partial charge in [-0.05, 0) is 37.0 Å². The van der Waals surface area contributed by atoms with Crippen LogP contribution in [0.1, 0.15) is 16.9 Å². The minimum absolute atomic E-state index is 0.0149. The Balaban J connectivity index is 2.01. The van der Waals surface area contributed by atoms with E-state index in [1.54, 1.807) is 15.9 Å². The zero-order valence-electron chi connectivity index (χ0n) is 12.5. The maximum Gasteiger partial charge on any atom is 0.267 e. The van der Waals surface area contributed by atoms with Gasteiger partial charge in [0.15, 0.2) is 5.16 Å². The highest BCUT2D eigenvalue weighted by molar-refractivity contribution is 7.99. The number of aryl methyl sites for hydroxylation is 2. The van der Waals surface area contributed by atoms with Crippen molar-refractivity contribution in [1.82, 2.24) is 9.55 Å². The molecule has 0 saturated heterocycles. The minimum Gasteiger partial charge on any atom is -0.396 e. The van der Waals surface area contributed by atoms with Crippen molar-refractivity contribution in [1.29, 1.82) is 0 Å². The molecular weight excluding hydrogens is 328 g/mol. The van der Waals surface area contributed by atoms with Crippen molar-refractivity contribution in [2.75, 3.05) is 12.4 Å². The largest absolute Gasteiger partial charge is 0.396 e. The zero-order chi connectivity index (χ0) is 15.8. The van der Waals surface area contributed by atoms with Crippen LogP contribution < -0.4 is 5.56 Å². The maximum absolute atomic E-state index is 13.2. The summed E-state index contributed by atoms with van der Waals surface area (Å²) in [6.07, 6.45) is 3.16. The number of aromatic nitrogens is 2. The van der Waals surface area contributed by atoms with Gasteiger partial charge in [0.2, 0.25) is 0 Å². The van der Waals surface area contributed by atoms with E-state index in [1.807, 2.05) is 30.3 Å². The smallest absolute Gasteiger partial charge is 0.267 e. The van der Waals surface area contributed by atoms with Gasteiger partial charge in [-0.1, -0.05) is 30.0 Å². The average molecular weight is 344 g/mol. The highest BCUT2D eigenvalue weighted by Crippen LogP contribution is 2.36. The van der Waals surface area contributed by atoms with Crippen LogP contribution in [0, 0.1) is 0 Å². The van der Waals surface area contributed by atoms with E-state index in [9.17, 15) is 4.79 Å². The van der Waals surface area contributed by atoms with Crippen molar-refractivity contribution in [2.45, 2.75) is 24.4 Å². The summed E-state index contributed by atoms with van der Waals surface area (Å²) >= 11 is 3.07. The van der Waals surface area contributed by atoms with Crippen molar-refractivity contribution in [3.8, 4) is 5.69 Å². The number of benzene rings is 1. The summed E-state index contributed by atoms with van der Waals surface area (Å²) in [5.41, 5.74) is 2.04. The van der Waals surface area contributed by atoms with E-state index in [-0.39, 0.29) is 12.2 Å². The molecule has 4 nitrogen and oxygen atoms in total. The monoisotopic (exact) mass is 344 g/mol. The third-order valence-electron chi connectivity index (χ3n) is 4.04. The molecule has 6 heteroatoms. The van der Waals surface area contributed by atoms with E-state index in [1.165, 1.54) is 22.2 Å². The predicted molar refractivity (Wildman–Crippen MR) is 95.1 cm³/mol. The molecule has 0 radical (unpaired) electrons. The predicted octanol–water partition coefficient (Wildman–Crippen LogP) is 3.02. The maximum atomic E-state index is 13.2. The number of para-hydroxylation sites is 1. The summed E-state index contributed by atoms with van der Waals surface area (Å²) in [4.78, 5) is 20.1. The first kappa shape index (κ1) is 14.9. The van der Waals surface area contributed by atoms with Gasteiger partial charge in [0, 0.05) is 10.6 Å². The Morgan fingerprint density at radius 3 is 2.87 bits per heavy atom. The fourth-order valence-corrected chi connectivity index (χ4v) is 5.12. The Bertz CT molecular complexity index is 916. The standard InChI is InChI=1S/C17H16N2O2S2/c20-9-10-22-17-18-15-14(12-7-4-8-13(12)23-15)16(21)19(17)11-5-2-1-3-6-11/h1-3,5-6,20H,4,7-10H2. The summed E-state index contributed by atoms with van der Waals surface area (Å²) in [6.45, 7) is 0.0638. The highest BCUT2D eigenvalue weighted by Gasteiger charge is 2.23. The Morgan fingerprint density at radius 2 is 2.09 bits per heavy atom. The molecular formula is C17H16N2O2S2. The number of hydrogen-bond donors (Lipinski definition) is 1. The van der Waals surface area contributed by atoms with Crippen LogP contribution in [0.5, 0.6) is 0 Å². The summed E-state index contributed by atoms with van der Waals surface area (Å²) in [5, 5.41) is 10.6. The average Bonchev–Trinajstić information content (AvgIpc) is 3.14. The highest BCUT2D eigenvalue weighted by atomic mass is 32.2. The molecule has 0 spiro atoms. The molecule has 0 unspecified atom stereocenters. The van der Waals surface area contributed by atoms with Crippen LogP contribution >= 0.6 is 23.1 Å². The van der Waals surface area contributed by atoms with Gasteiger partial charge < -0.3 is 5.11 Å². The number of aliphatic hydroxyl groups excluding tert-OH is 1. The molecule has 0 aliphatic heterocycles. The SMILES string of the molecule is O=c1c2c3c(sc2nc(SCCO)n1-c1ccccc1)CCC3. The first-order valence-electron chi connectivity index (χ1n) is 7.66. The molecule has 0 atom stereocenters. The molecule has 1 aromatic carbocycles. The number of hydrogen-bond acceptors (Lipinski definition) is 5. The summed E-state index contributed by atoms with van der Waals surface area (Å²) in [5.74, 6) is 0.524. The lowest BCUT2D eigenvalue weighted by Gasteiger charge is -2.11. The van der Waals surface area contributed by atoms with E-state index in [4.69, 9.17) is 10.1 Å². The van der Waals surface area contributed by atoms with Gasteiger partial charge in [-0.25, -0.2) is 4.98 Å². The first-order chi connectivity index (χ1) is 11.3. The topological polar surface area (TPSA) is 55.1 Å². The van der Waals surface area contributed by atoms with Crippen molar-refractivity contribution in [3.63, 3.8) is 0 Å². The summed E-state index contributed by atoms with van der Waals surface area (Å²) in [6, 6.07) is 9.62. The molecule has 118 valence electrons. The second-order valence-electron chi connectivity index (χ2n) is 5.48. The van der Waals surface area contributed by atoms with E-state index in [0.717, 1.165) is 35.2 Å². The zero-order valence-corrected chi connectivity index (χ0v) is 14.1. The molecule has 0 saturated carbocycles. The van der Waals surface area contributed by atoms with Gasteiger partial charge in [-0.15, -0.1) is 11.3 Å². The van der Waals surface area contributed by atoms with Gasteiger partial charge >= 0.3 is 0 Å². The number of fused-ring (bicyclic) bond motifs is 3. The van der Waals surface area contributed by atoms with Gasteiger partial charge in [0.1, 0.15) is 4.83 Å². The van der Waals surface area contributed by atoms with Crippen molar-refractivity contribution >= 4 is 33.3 Å². The van der Waals surface area contributed by atoms with Crippen LogP contribution in [0.15, 0.2) is 40.3 Å². The molecule has 0 amide bonds. The fourth-order valence-electron chi connectivity index (χ4n) is 3.06. The molecule has 2 heterocycles. The fraction of sp³-hybridized carbons (Fsp3) is 0.294. The first-order valence-corrected chi connectivity index (χ1v) is 9.46. The van der Waals surface area contributed by atoms with Crippen molar-refractivity contribution < 1.29 is 5.11 Å². The molecule has 4 rings (SSSR count). The molecule has 0 fully saturated rings. The number of thioether (sulfide) groups is 1.